The zero-order valence-corrected chi connectivity index (χ0v) is 10.0. The molecule has 2 unspecified atom stereocenters. The molecule has 1 aliphatic rings. The summed E-state index contributed by atoms with van der Waals surface area (Å²) in [6.07, 6.45) is -4.40. The van der Waals surface area contributed by atoms with Crippen molar-refractivity contribution in [3.8, 4) is 0 Å². The zero-order valence-electron chi connectivity index (χ0n) is 9.21. The molecule has 1 saturated heterocycles. The van der Waals surface area contributed by atoms with E-state index in [4.69, 9.17) is 5.73 Å². The average Bonchev–Trinajstić information content (AvgIpc) is 2.26. The first-order chi connectivity index (χ1) is 7.04. The normalized spacial score (nSPS) is 30.2. The molecule has 0 bridgehead atoms. The number of sulfone groups is 1. The van der Waals surface area contributed by atoms with Crippen LogP contribution in [0.25, 0.3) is 0 Å². The smallest absolute Gasteiger partial charge is 0.330 e. The van der Waals surface area contributed by atoms with E-state index in [1.165, 1.54) is 13.8 Å². The van der Waals surface area contributed by atoms with Gasteiger partial charge in [0.15, 0.2) is 9.84 Å². The van der Waals surface area contributed by atoms with Crippen LogP contribution in [0.15, 0.2) is 0 Å². The van der Waals surface area contributed by atoms with Crippen molar-refractivity contribution >= 4 is 9.84 Å². The lowest BCUT2D eigenvalue weighted by Crippen LogP contribution is -2.45. The molecule has 1 aliphatic heterocycles. The lowest BCUT2D eigenvalue weighted by molar-refractivity contribution is -0.187. The van der Waals surface area contributed by atoms with E-state index in [0.29, 0.717) is 0 Å². The van der Waals surface area contributed by atoms with E-state index < -0.39 is 39.1 Å². The molecule has 1 fully saturated rings. The molecule has 0 aliphatic carbocycles. The van der Waals surface area contributed by atoms with Gasteiger partial charge in [0.1, 0.15) is 0 Å². The molecule has 0 amide bonds. The third kappa shape index (κ3) is 2.07. The lowest BCUT2D eigenvalue weighted by atomic mass is 9.80. The predicted molar refractivity (Wildman–Crippen MR) is 54.6 cm³/mol. The molecule has 0 spiro atoms. The van der Waals surface area contributed by atoms with E-state index in [1.54, 1.807) is 0 Å². The Morgan fingerprint density at radius 2 is 1.94 bits per heavy atom. The summed E-state index contributed by atoms with van der Waals surface area (Å²) in [5.74, 6) is -2.86. The topological polar surface area (TPSA) is 60.2 Å². The van der Waals surface area contributed by atoms with Gasteiger partial charge in [0, 0.05) is 6.54 Å². The third-order valence-electron chi connectivity index (χ3n) is 3.55. The number of halogens is 3. The van der Waals surface area contributed by atoms with Crippen molar-refractivity contribution in [1.29, 1.82) is 0 Å². The zero-order chi connectivity index (χ0) is 12.8. The Hall–Kier alpha value is -0.300. The molecule has 0 aromatic carbocycles. The molecule has 3 nitrogen and oxygen atoms in total. The maximum Gasteiger partial charge on any atom is 0.393 e. The first-order valence-electron chi connectivity index (χ1n) is 5.03. The van der Waals surface area contributed by atoms with E-state index in [9.17, 15) is 21.6 Å². The van der Waals surface area contributed by atoms with Crippen LogP contribution in [0.4, 0.5) is 13.2 Å². The van der Waals surface area contributed by atoms with Crippen molar-refractivity contribution < 1.29 is 21.6 Å². The Labute approximate surface area is 93.1 Å². The Balaban J connectivity index is 3.08. The van der Waals surface area contributed by atoms with Crippen molar-refractivity contribution in [2.24, 2.45) is 17.6 Å². The highest BCUT2D eigenvalue weighted by Gasteiger charge is 2.56. The number of alkyl halides is 3. The molecule has 1 heterocycles. The second-order valence-electron chi connectivity index (χ2n) is 4.70. The molecule has 0 saturated carbocycles. The van der Waals surface area contributed by atoms with Crippen LogP contribution in [0.3, 0.4) is 0 Å². The largest absolute Gasteiger partial charge is 0.393 e. The van der Waals surface area contributed by atoms with Crippen LogP contribution in [-0.2, 0) is 9.84 Å². The maximum absolute atomic E-state index is 12.7. The summed E-state index contributed by atoms with van der Waals surface area (Å²) in [6.45, 7) is 2.15. The third-order valence-corrected chi connectivity index (χ3v) is 6.23. The van der Waals surface area contributed by atoms with Crippen molar-refractivity contribution in [2.75, 3.05) is 12.3 Å². The van der Waals surface area contributed by atoms with E-state index >= 15 is 0 Å². The van der Waals surface area contributed by atoms with E-state index in [2.05, 4.69) is 0 Å². The standard InChI is InChI=1S/C9H16F3NO2S/c1-8(2)6(3-4-16(8,14)15)7(5-13)9(10,11)12/h6-7H,3-5,13H2,1-2H3. The minimum absolute atomic E-state index is 0.0384. The van der Waals surface area contributed by atoms with Crippen molar-refractivity contribution in [1.82, 2.24) is 0 Å². The highest BCUT2D eigenvalue weighted by Crippen LogP contribution is 2.46. The van der Waals surface area contributed by atoms with Gasteiger partial charge in [-0.25, -0.2) is 8.42 Å². The molecule has 0 aromatic heterocycles. The van der Waals surface area contributed by atoms with Gasteiger partial charge in [-0.2, -0.15) is 13.2 Å². The summed E-state index contributed by atoms with van der Waals surface area (Å²) in [5.41, 5.74) is 5.13. The van der Waals surface area contributed by atoms with E-state index in [1.807, 2.05) is 0 Å². The van der Waals surface area contributed by atoms with Crippen LogP contribution in [0.5, 0.6) is 0 Å². The molecule has 16 heavy (non-hydrogen) atoms. The summed E-state index contributed by atoms with van der Waals surface area (Å²) in [6, 6.07) is 0. The monoisotopic (exact) mass is 259 g/mol. The summed E-state index contributed by atoms with van der Waals surface area (Å²) in [5, 5.41) is 0. The predicted octanol–water partition coefficient (Wildman–Crippen LogP) is 1.34. The molecule has 7 heteroatoms. The molecule has 0 radical (unpaired) electrons. The highest BCUT2D eigenvalue weighted by molar-refractivity contribution is 7.93. The van der Waals surface area contributed by atoms with Gasteiger partial charge in [-0.15, -0.1) is 0 Å². The van der Waals surface area contributed by atoms with Gasteiger partial charge in [-0.05, 0) is 26.2 Å². The van der Waals surface area contributed by atoms with E-state index in [0.717, 1.165) is 0 Å². The fourth-order valence-corrected chi connectivity index (χ4v) is 4.17. The maximum atomic E-state index is 12.7. The van der Waals surface area contributed by atoms with Crippen molar-refractivity contribution in [3.05, 3.63) is 0 Å². The van der Waals surface area contributed by atoms with Crippen LogP contribution >= 0.6 is 0 Å². The summed E-state index contributed by atoms with van der Waals surface area (Å²) in [4.78, 5) is 0. The molecule has 2 N–H and O–H groups in total. The van der Waals surface area contributed by atoms with Crippen molar-refractivity contribution in [3.63, 3.8) is 0 Å². The first kappa shape index (κ1) is 13.8. The van der Waals surface area contributed by atoms with Gasteiger partial charge in [-0.3, -0.25) is 0 Å². The molecular formula is C9H16F3NO2S. The van der Waals surface area contributed by atoms with Crippen LogP contribution in [0, 0.1) is 11.8 Å². The number of rotatable bonds is 2. The van der Waals surface area contributed by atoms with Crippen LogP contribution in [0.1, 0.15) is 20.3 Å². The second kappa shape index (κ2) is 3.87. The fraction of sp³-hybridized carbons (Fsp3) is 1.00. The van der Waals surface area contributed by atoms with Gasteiger partial charge in [0.05, 0.1) is 16.4 Å². The quantitative estimate of drug-likeness (QED) is 0.814. The van der Waals surface area contributed by atoms with Crippen LogP contribution in [-0.4, -0.2) is 31.6 Å². The van der Waals surface area contributed by atoms with Gasteiger partial charge in [0.25, 0.3) is 0 Å². The van der Waals surface area contributed by atoms with Gasteiger partial charge < -0.3 is 5.73 Å². The van der Waals surface area contributed by atoms with Gasteiger partial charge in [-0.1, -0.05) is 0 Å². The lowest BCUT2D eigenvalue weighted by Gasteiger charge is -2.33. The molecule has 0 aromatic rings. The average molecular weight is 259 g/mol. The summed E-state index contributed by atoms with van der Waals surface area (Å²) >= 11 is 0. The highest BCUT2D eigenvalue weighted by atomic mass is 32.2. The SMILES string of the molecule is CC1(C)C(C(CN)C(F)(F)F)CCS1(=O)=O. The first-order valence-corrected chi connectivity index (χ1v) is 6.68. The van der Waals surface area contributed by atoms with Crippen LogP contribution in [0.2, 0.25) is 0 Å². The fourth-order valence-electron chi connectivity index (χ4n) is 2.34. The van der Waals surface area contributed by atoms with Gasteiger partial charge >= 0.3 is 6.18 Å². The number of hydrogen-bond donors (Lipinski definition) is 1. The van der Waals surface area contributed by atoms with Crippen LogP contribution < -0.4 is 5.73 Å². The number of nitrogens with two attached hydrogens (primary N) is 1. The van der Waals surface area contributed by atoms with Gasteiger partial charge in [0.2, 0.25) is 0 Å². The molecule has 96 valence electrons. The van der Waals surface area contributed by atoms with Crippen molar-refractivity contribution in [2.45, 2.75) is 31.2 Å². The Morgan fingerprint density at radius 3 is 2.19 bits per heavy atom. The number of hydrogen-bond acceptors (Lipinski definition) is 3. The Morgan fingerprint density at radius 1 is 1.44 bits per heavy atom. The minimum atomic E-state index is -4.43. The molecular weight excluding hydrogens is 243 g/mol. The minimum Gasteiger partial charge on any atom is -0.330 e. The summed E-state index contributed by atoms with van der Waals surface area (Å²) < 4.78 is 60.0. The second-order valence-corrected chi connectivity index (χ2v) is 7.39. The van der Waals surface area contributed by atoms with E-state index in [-0.39, 0.29) is 12.2 Å². The summed E-state index contributed by atoms with van der Waals surface area (Å²) in [7, 11) is -3.44. The Kier molecular flexibility index (Phi) is 3.33. The molecule has 1 rings (SSSR count). The Bertz CT molecular complexity index is 361. The molecule has 2 atom stereocenters.